The zero-order valence-corrected chi connectivity index (χ0v) is 10.8. The highest BCUT2D eigenvalue weighted by molar-refractivity contribution is 5.33. The van der Waals surface area contributed by atoms with Gasteiger partial charge < -0.3 is 5.32 Å². The molecule has 1 heterocycles. The Morgan fingerprint density at radius 1 is 1.22 bits per heavy atom. The van der Waals surface area contributed by atoms with E-state index in [1.807, 2.05) is 17.9 Å². The summed E-state index contributed by atoms with van der Waals surface area (Å²) in [4.78, 5) is 0. The smallest absolute Gasteiger partial charge is 0.0492 e. The maximum absolute atomic E-state index is 4.19. The summed E-state index contributed by atoms with van der Waals surface area (Å²) in [5.74, 6) is 0. The SMILES string of the molecule is Cn1nccc1CCNC1Cc2ccccc2C1. The maximum atomic E-state index is 4.19. The van der Waals surface area contributed by atoms with Gasteiger partial charge in [-0.15, -0.1) is 0 Å². The molecule has 0 fully saturated rings. The zero-order valence-electron chi connectivity index (χ0n) is 10.8. The molecule has 0 spiro atoms. The van der Waals surface area contributed by atoms with Gasteiger partial charge in [0, 0.05) is 37.9 Å². The molecule has 0 saturated carbocycles. The molecular formula is C15H19N3. The van der Waals surface area contributed by atoms with Gasteiger partial charge in [-0.3, -0.25) is 4.68 Å². The van der Waals surface area contributed by atoms with Crippen LogP contribution >= 0.6 is 0 Å². The number of hydrogen-bond acceptors (Lipinski definition) is 2. The Hall–Kier alpha value is -1.61. The Kier molecular flexibility index (Phi) is 3.15. The lowest BCUT2D eigenvalue weighted by Gasteiger charge is -2.11. The highest BCUT2D eigenvalue weighted by Crippen LogP contribution is 2.21. The highest BCUT2D eigenvalue weighted by atomic mass is 15.3. The van der Waals surface area contributed by atoms with Crippen LogP contribution in [0.4, 0.5) is 0 Å². The van der Waals surface area contributed by atoms with Gasteiger partial charge in [-0.1, -0.05) is 24.3 Å². The summed E-state index contributed by atoms with van der Waals surface area (Å²) >= 11 is 0. The first-order valence-electron chi connectivity index (χ1n) is 6.60. The van der Waals surface area contributed by atoms with Crippen LogP contribution in [-0.2, 0) is 26.3 Å². The molecule has 2 aromatic rings. The van der Waals surface area contributed by atoms with E-state index in [-0.39, 0.29) is 0 Å². The minimum Gasteiger partial charge on any atom is -0.313 e. The zero-order chi connectivity index (χ0) is 12.4. The molecule has 18 heavy (non-hydrogen) atoms. The molecule has 0 unspecified atom stereocenters. The topological polar surface area (TPSA) is 29.9 Å². The summed E-state index contributed by atoms with van der Waals surface area (Å²) < 4.78 is 1.95. The summed E-state index contributed by atoms with van der Waals surface area (Å²) in [7, 11) is 2.00. The molecule has 0 saturated heterocycles. The second kappa shape index (κ2) is 4.94. The first kappa shape index (κ1) is 11.5. The predicted octanol–water partition coefficient (Wildman–Crippen LogP) is 1.72. The second-order valence-corrected chi connectivity index (χ2v) is 5.02. The van der Waals surface area contributed by atoms with E-state index in [1.165, 1.54) is 29.7 Å². The van der Waals surface area contributed by atoms with Gasteiger partial charge in [0.25, 0.3) is 0 Å². The molecule has 94 valence electrons. The average Bonchev–Trinajstić information content (AvgIpc) is 2.96. The minimum absolute atomic E-state index is 0.607. The molecule has 1 aliphatic rings. The van der Waals surface area contributed by atoms with E-state index in [2.05, 4.69) is 40.7 Å². The minimum atomic E-state index is 0.607. The van der Waals surface area contributed by atoms with Gasteiger partial charge >= 0.3 is 0 Å². The van der Waals surface area contributed by atoms with Crippen molar-refractivity contribution in [2.75, 3.05) is 6.54 Å². The van der Waals surface area contributed by atoms with Gasteiger partial charge in [0.15, 0.2) is 0 Å². The molecule has 0 amide bonds. The number of nitrogens with one attached hydrogen (secondary N) is 1. The Morgan fingerprint density at radius 2 is 1.94 bits per heavy atom. The summed E-state index contributed by atoms with van der Waals surface area (Å²) in [6.45, 7) is 1.03. The van der Waals surface area contributed by atoms with Crippen LogP contribution in [0.25, 0.3) is 0 Å². The fourth-order valence-corrected chi connectivity index (χ4v) is 2.75. The van der Waals surface area contributed by atoms with Crippen LogP contribution < -0.4 is 5.32 Å². The van der Waals surface area contributed by atoms with Crippen molar-refractivity contribution in [3.63, 3.8) is 0 Å². The van der Waals surface area contributed by atoms with Gasteiger partial charge in [-0.2, -0.15) is 5.10 Å². The molecule has 1 N–H and O–H groups in total. The van der Waals surface area contributed by atoms with Gasteiger partial charge in [-0.25, -0.2) is 0 Å². The summed E-state index contributed by atoms with van der Waals surface area (Å²) in [6.07, 6.45) is 5.24. The third-order valence-corrected chi connectivity index (χ3v) is 3.79. The van der Waals surface area contributed by atoms with Crippen LogP contribution in [0.1, 0.15) is 16.8 Å². The normalized spacial score (nSPS) is 14.9. The van der Waals surface area contributed by atoms with E-state index in [0.717, 1.165) is 13.0 Å². The monoisotopic (exact) mass is 241 g/mol. The Balaban J connectivity index is 1.50. The number of fused-ring (bicyclic) bond motifs is 1. The molecule has 0 radical (unpaired) electrons. The molecule has 0 bridgehead atoms. The molecular weight excluding hydrogens is 222 g/mol. The maximum Gasteiger partial charge on any atom is 0.0492 e. The highest BCUT2D eigenvalue weighted by Gasteiger charge is 2.19. The number of hydrogen-bond donors (Lipinski definition) is 1. The van der Waals surface area contributed by atoms with Crippen molar-refractivity contribution in [3.8, 4) is 0 Å². The van der Waals surface area contributed by atoms with Crippen molar-refractivity contribution < 1.29 is 0 Å². The number of aryl methyl sites for hydroxylation is 1. The third-order valence-electron chi connectivity index (χ3n) is 3.79. The summed E-state index contributed by atoms with van der Waals surface area (Å²) in [5.41, 5.74) is 4.31. The third kappa shape index (κ3) is 2.31. The van der Waals surface area contributed by atoms with Crippen LogP contribution in [0.3, 0.4) is 0 Å². The molecule has 1 aromatic heterocycles. The quantitative estimate of drug-likeness (QED) is 0.883. The van der Waals surface area contributed by atoms with Crippen molar-refractivity contribution >= 4 is 0 Å². The molecule has 0 aliphatic heterocycles. The lowest BCUT2D eigenvalue weighted by Crippen LogP contribution is -2.31. The first-order chi connectivity index (χ1) is 8.83. The van der Waals surface area contributed by atoms with Gasteiger partial charge in [0.2, 0.25) is 0 Å². The fourth-order valence-electron chi connectivity index (χ4n) is 2.75. The van der Waals surface area contributed by atoms with Crippen LogP contribution in [0.5, 0.6) is 0 Å². The molecule has 0 atom stereocenters. The fraction of sp³-hybridized carbons (Fsp3) is 0.400. The Labute approximate surface area is 108 Å². The number of rotatable bonds is 4. The molecule has 3 heteroatoms. The van der Waals surface area contributed by atoms with Crippen LogP contribution in [-0.4, -0.2) is 22.4 Å². The van der Waals surface area contributed by atoms with E-state index in [4.69, 9.17) is 0 Å². The molecule has 1 aliphatic carbocycles. The van der Waals surface area contributed by atoms with Crippen LogP contribution in [0, 0.1) is 0 Å². The van der Waals surface area contributed by atoms with E-state index >= 15 is 0 Å². The number of aromatic nitrogens is 2. The van der Waals surface area contributed by atoms with Crippen molar-refractivity contribution in [1.82, 2.24) is 15.1 Å². The molecule has 1 aromatic carbocycles. The van der Waals surface area contributed by atoms with E-state index in [1.54, 1.807) is 0 Å². The Morgan fingerprint density at radius 3 is 2.56 bits per heavy atom. The second-order valence-electron chi connectivity index (χ2n) is 5.02. The van der Waals surface area contributed by atoms with Crippen molar-refractivity contribution in [2.24, 2.45) is 7.05 Å². The predicted molar refractivity (Wildman–Crippen MR) is 72.6 cm³/mol. The van der Waals surface area contributed by atoms with E-state index in [0.29, 0.717) is 6.04 Å². The van der Waals surface area contributed by atoms with Gasteiger partial charge in [-0.05, 0) is 30.0 Å². The van der Waals surface area contributed by atoms with Gasteiger partial charge in [0.1, 0.15) is 0 Å². The lowest BCUT2D eigenvalue weighted by atomic mass is 10.1. The van der Waals surface area contributed by atoms with E-state index in [9.17, 15) is 0 Å². The number of benzene rings is 1. The van der Waals surface area contributed by atoms with Crippen molar-refractivity contribution in [3.05, 3.63) is 53.3 Å². The first-order valence-corrected chi connectivity index (χ1v) is 6.60. The van der Waals surface area contributed by atoms with Gasteiger partial charge in [0.05, 0.1) is 0 Å². The Bertz CT molecular complexity index is 505. The number of nitrogens with zero attached hydrogens (tertiary/aromatic N) is 2. The summed E-state index contributed by atoms with van der Waals surface area (Å²) in [5, 5.41) is 7.84. The lowest BCUT2D eigenvalue weighted by molar-refractivity contribution is 0.528. The van der Waals surface area contributed by atoms with Crippen LogP contribution in [0.15, 0.2) is 36.5 Å². The van der Waals surface area contributed by atoms with E-state index < -0.39 is 0 Å². The van der Waals surface area contributed by atoms with Crippen molar-refractivity contribution in [1.29, 1.82) is 0 Å². The molecule has 3 nitrogen and oxygen atoms in total. The largest absolute Gasteiger partial charge is 0.313 e. The molecule has 3 rings (SSSR count). The van der Waals surface area contributed by atoms with Crippen molar-refractivity contribution in [2.45, 2.75) is 25.3 Å². The summed E-state index contributed by atoms with van der Waals surface area (Å²) in [6, 6.07) is 11.5. The van der Waals surface area contributed by atoms with Crippen LogP contribution in [0.2, 0.25) is 0 Å². The average molecular weight is 241 g/mol. The standard InChI is InChI=1S/C15H19N3/c1-18-15(7-9-17-18)6-8-16-14-10-12-4-2-3-5-13(12)11-14/h2-5,7,9,14,16H,6,8,10-11H2,1H3.